The van der Waals surface area contributed by atoms with Gasteiger partial charge in [-0.15, -0.1) is 0 Å². The summed E-state index contributed by atoms with van der Waals surface area (Å²) in [6, 6.07) is 22.8. The molecule has 0 N–H and O–H groups in total. The van der Waals surface area contributed by atoms with Crippen molar-refractivity contribution in [2.45, 2.75) is 37.6 Å². The van der Waals surface area contributed by atoms with Gasteiger partial charge in [-0.3, -0.25) is 14.2 Å². The number of para-hydroxylation sites is 2. The minimum Gasteiger partial charge on any atom is -0.293 e. The number of nitrogens with zero attached hydrogens (tertiary/aromatic N) is 2. The molecule has 4 nitrogen and oxygen atoms in total. The summed E-state index contributed by atoms with van der Waals surface area (Å²) in [4.78, 5) is 31.3. The SMILES string of the molecule is CCc1ccc(C(=O)C(C)Sc2nc3ccccc3c(=O)n2-c2ccccc2C)cc1. The van der Waals surface area contributed by atoms with E-state index in [0.717, 1.165) is 17.7 Å². The Bertz CT molecular complexity index is 1310. The Balaban J connectivity index is 1.79. The fourth-order valence-electron chi connectivity index (χ4n) is 3.57. The second-order valence-corrected chi connectivity index (χ2v) is 8.82. The van der Waals surface area contributed by atoms with E-state index in [0.29, 0.717) is 21.6 Å². The first-order valence-electron chi connectivity index (χ1n) is 10.4. The summed E-state index contributed by atoms with van der Waals surface area (Å²) in [6.07, 6.45) is 0.933. The highest BCUT2D eigenvalue weighted by Crippen LogP contribution is 2.28. The number of carbonyl (C=O) groups excluding carboxylic acids is 1. The van der Waals surface area contributed by atoms with Gasteiger partial charge in [-0.2, -0.15) is 0 Å². The number of fused-ring (bicyclic) bond motifs is 1. The van der Waals surface area contributed by atoms with Crippen molar-refractivity contribution in [3.8, 4) is 5.69 Å². The van der Waals surface area contributed by atoms with Gasteiger partial charge in [0.1, 0.15) is 0 Å². The number of aromatic nitrogens is 2. The fraction of sp³-hybridized carbons (Fsp3) is 0.192. The zero-order valence-corrected chi connectivity index (χ0v) is 18.6. The van der Waals surface area contributed by atoms with E-state index in [4.69, 9.17) is 4.98 Å². The summed E-state index contributed by atoms with van der Waals surface area (Å²) in [5.41, 5.74) is 4.11. The predicted octanol–water partition coefficient (Wildman–Crippen LogP) is 5.62. The number of thioether (sulfide) groups is 1. The molecule has 0 saturated carbocycles. The van der Waals surface area contributed by atoms with Crippen molar-refractivity contribution in [3.05, 3.63) is 99.8 Å². The molecule has 1 unspecified atom stereocenters. The van der Waals surface area contributed by atoms with Gasteiger partial charge in [0.2, 0.25) is 0 Å². The van der Waals surface area contributed by atoms with E-state index in [2.05, 4.69) is 6.92 Å². The molecule has 0 aliphatic carbocycles. The van der Waals surface area contributed by atoms with Crippen LogP contribution < -0.4 is 5.56 Å². The number of benzene rings is 3. The second kappa shape index (κ2) is 8.90. The molecule has 0 spiro atoms. The van der Waals surface area contributed by atoms with E-state index in [9.17, 15) is 9.59 Å². The van der Waals surface area contributed by atoms with Gasteiger partial charge in [-0.25, -0.2) is 4.98 Å². The van der Waals surface area contributed by atoms with Crippen molar-refractivity contribution in [1.29, 1.82) is 0 Å². The quantitative estimate of drug-likeness (QED) is 0.227. The molecule has 5 heteroatoms. The van der Waals surface area contributed by atoms with Crippen molar-refractivity contribution in [1.82, 2.24) is 9.55 Å². The highest BCUT2D eigenvalue weighted by atomic mass is 32.2. The first-order valence-corrected chi connectivity index (χ1v) is 11.2. The second-order valence-electron chi connectivity index (χ2n) is 7.51. The van der Waals surface area contributed by atoms with Gasteiger partial charge in [0.25, 0.3) is 5.56 Å². The predicted molar refractivity (Wildman–Crippen MR) is 128 cm³/mol. The number of carbonyl (C=O) groups is 1. The highest BCUT2D eigenvalue weighted by Gasteiger charge is 2.21. The lowest BCUT2D eigenvalue weighted by atomic mass is 10.1. The van der Waals surface area contributed by atoms with Gasteiger partial charge < -0.3 is 0 Å². The van der Waals surface area contributed by atoms with Crippen molar-refractivity contribution < 1.29 is 4.79 Å². The van der Waals surface area contributed by atoms with Crippen molar-refractivity contribution in [2.24, 2.45) is 0 Å². The van der Waals surface area contributed by atoms with Gasteiger partial charge in [-0.05, 0) is 49.6 Å². The third-order valence-electron chi connectivity index (χ3n) is 5.40. The van der Waals surface area contributed by atoms with Crippen LogP contribution in [0.5, 0.6) is 0 Å². The van der Waals surface area contributed by atoms with Crippen LogP contribution in [0.4, 0.5) is 0 Å². The molecular formula is C26H24N2O2S. The van der Waals surface area contributed by atoms with Crippen LogP contribution in [-0.2, 0) is 6.42 Å². The Morgan fingerprint density at radius 2 is 1.68 bits per heavy atom. The molecule has 0 aliphatic heterocycles. The number of ketones is 1. The van der Waals surface area contributed by atoms with Crippen LogP contribution in [0.3, 0.4) is 0 Å². The van der Waals surface area contributed by atoms with Gasteiger partial charge >= 0.3 is 0 Å². The van der Waals surface area contributed by atoms with E-state index in [-0.39, 0.29) is 11.3 Å². The Kier molecular flexibility index (Phi) is 6.05. The molecule has 31 heavy (non-hydrogen) atoms. The molecule has 1 aromatic heterocycles. The third-order valence-corrected chi connectivity index (χ3v) is 6.45. The molecule has 3 aromatic carbocycles. The van der Waals surface area contributed by atoms with Crippen molar-refractivity contribution >= 4 is 28.4 Å². The highest BCUT2D eigenvalue weighted by molar-refractivity contribution is 8.00. The lowest BCUT2D eigenvalue weighted by molar-refractivity contribution is 0.0994. The van der Waals surface area contributed by atoms with Crippen LogP contribution in [0.1, 0.15) is 35.3 Å². The Labute approximate surface area is 186 Å². The monoisotopic (exact) mass is 428 g/mol. The molecule has 0 aliphatic rings. The van der Waals surface area contributed by atoms with Crippen molar-refractivity contribution in [2.75, 3.05) is 0 Å². The molecule has 0 fully saturated rings. The summed E-state index contributed by atoms with van der Waals surface area (Å²) in [6.45, 7) is 5.92. The standard InChI is InChI=1S/C26H24N2O2S/c1-4-19-13-15-20(16-14-19)24(29)18(3)31-26-27-22-11-7-6-10-21(22)25(30)28(26)23-12-8-5-9-17(23)2/h5-16,18H,4H2,1-3H3. The average Bonchev–Trinajstić information content (AvgIpc) is 2.80. The summed E-state index contributed by atoms with van der Waals surface area (Å²) < 4.78 is 1.63. The number of hydrogen-bond acceptors (Lipinski definition) is 4. The smallest absolute Gasteiger partial charge is 0.266 e. The van der Waals surface area contributed by atoms with E-state index in [1.165, 1.54) is 17.3 Å². The van der Waals surface area contributed by atoms with E-state index < -0.39 is 5.25 Å². The zero-order valence-electron chi connectivity index (χ0n) is 17.8. The topological polar surface area (TPSA) is 52.0 Å². The maximum absolute atomic E-state index is 13.4. The molecule has 156 valence electrons. The normalized spacial score (nSPS) is 12.1. The van der Waals surface area contributed by atoms with Crippen LogP contribution >= 0.6 is 11.8 Å². The van der Waals surface area contributed by atoms with E-state index in [1.807, 2.05) is 80.6 Å². The molecule has 0 bridgehead atoms. The minimum atomic E-state index is -0.393. The number of Topliss-reactive ketones (excluding diaryl/α,β-unsaturated/α-hetero) is 1. The summed E-state index contributed by atoms with van der Waals surface area (Å²) in [5.74, 6) is 0.0198. The minimum absolute atomic E-state index is 0.0198. The maximum Gasteiger partial charge on any atom is 0.266 e. The fourth-order valence-corrected chi connectivity index (χ4v) is 4.57. The summed E-state index contributed by atoms with van der Waals surface area (Å²) in [5, 5.41) is 0.684. The molecule has 4 rings (SSSR count). The Hall–Kier alpha value is -3.18. The van der Waals surface area contributed by atoms with Crippen LogP contribution in [0.15, 0.2) is 82.7 Å². The number of hydrogen-bond donors (Lipinski definition) is 0. The lowest BCUT2D eigenvalue weighted by Crippen LogP contribution is -2.24. The number of aryl methyl sites for hydroxylation is 2. The molecular weight excluding hydrogens is 404 g/mol. The zero-order chi connectivity index (χ0) is 22.0. The van der Waals surface area contributed by atoms with Crippen LogP contribution in [-0.4, -0.2) is 20.6 Å². The molecule has 0 amide bonds. The number of rotatable bonds is 6. The summed E-state index contributed by atoms with van der Waals surface area (Å²) in [7, 11) is 0. The van der Waals surface area contributed by atoms with Crippen molar-refractivity contribution in [3.63, 3.8) is 0 Å². The van der Waals surface area contributed by atoms with Gasteiger partial charge in [0.15, 0.2) is 10.9 Å². The van der Waals surface area contributed by atoms with E-state index >= 15 is 0 Å². The third kappa shape index (κ3) is 4.19. The molecule has 4 aromatic rings. The molecule has 1 atom stereocenters. The first-order chi connectivity index (χ1) is 15.0. The van der Waals surface area contributed by atoms with Crippen LogP contribution in [0.2, 0.25) is 0 Å². The average molecular weight is 429 g/mol. The maximum atomic E-state index is 13.4. The van der Waals surface area contributed by atoms with Gasteiger partial charge in [-0.1, -0.05) is 73.3 Å². The molecule has 0 radical (unpaired) electrons. The van der Waals surface area contributed by atoms with Gasteiger partial charge in [0, 0.05) is 5.56 Å². The Morgan fingerprint density at radius 3 is 2.39 bits per heavy atom. The lowest BCUT2D eigenvalue weighted by Gasteiger charge is -2.17. The summed E-state index contributed by atoms with van der Waals surface area (Å²) >= 11 is 1.32. The molecule has 1 heterocycles. The molecule has 0 saturated heterocycles. The van der Waals surface area contributed by atoms with Crippen LogP contribution in [0, 0.1) is 6.92 Å². The largest absolute Gasteiger partial charge is 0.293 e. The van der Waals surface area contributed by atoms with Gasteiger partial charge in [0.05, 0.1) is 21.8 Å². The first kappa shape index (κ1) is 21.1. The van der Waals surface area contributed by atoms with Crippen LogP contribution in [0.25, 0.3) is 16.6 Å². The van der Waals surface area contributed by atoms with E-state index in [1.54, 1.807) is 10.6 Å². The Morgan fingerprint density at radius 1 is 1.00 bits per heavy atom.